The second kappa shape index (κ2) is 10.1. The van der Waals surface area contributed by atoms with Gasteiger partial charge in [-0.05, 0) is 57.0 Å². The van der Waals surface area contributed by atoms with Crippen LogP contribution in [0.15, 0.2) is 0 Å². The molecule has 1 spiro atoms. The SMILES string of the molecule is O=C1CCCN1CC(O)CN1CCCC2(CCCN(CC(O)CN3CCCC3=O)C2)C1. The zero-order valence-electron chi connectivity index (χ0n) is 18.9. The second-order valence-corrected chi connectivity index (χ2v) is 10.4. The highest BCUT2D eigenvalue weighted by Crippen LogP contribution is 2.38. The number of piperidine rings is 2. The molecule has 0 aromatic carbocycles. The summed E-state index contributed by atoms with van der Waals surface area (Å²) >= 11 is 0. The number of β-amino-alcohol motifs (C(OH)–C–C–N with tert-alkyl or cyclic N) is 2. The molecule has 4 rings (SSSR count). The molecule has 4 fully saturated rings. The zero-order chi connectivity index (χ0) is 21.8. The Morgan fingerprint density at radius 3 is 1.52 bits per heavy atom. The number of amides is 2. The highest BCUT2D eigenvalue weighted by molar-refractivity contribution is 5.78. The number of aliphatic hydroxyl groups is 2. The van der Waals surface area contributed by atoms with Gasteiger partial charge < -0.3 is 29.8 Å². The summed E-state index contributed by atoms with van der Waals surface area (Å²) in [5.74, 6) is 0.345. The molecule has 0 aliphatic carbocycles. The highest BCUT2D eigenvalue weighted by Gasteiger charge is 2.40. The van der Waals surface area contributed by atoms with E-state index < -0.39 is 12.2 Å². The van der Waals surface area contributed by atoms with Gasteiger partial charge in [0.2, 0.25) is 11.8 Å². The largest absolute Gasteiger partial charge is 0.390 e. The number of hydrogen-bond donors (Lipinski definition) is 2. The van der Waals surface area contributed by atoms with Crippen LogP contribution in [-0.4, -0.2) is 119 Å². The normalized spacial score (nSPS) is 30.5. The predicted octanol–water partition coefficient (Wildman–Crippen LogP) is 0.131. The van der Waals surface area contributed by atoms with Crippen molar-refractivity contribution in [3.63, 3.8) is 0 Å². The summed E-state index contributed by atoms with van der Waals surface area (Å²) in [4.78, 5) is 32.1. The molecule has 176 valence electrons. The average molecular weight is 437 g/mol. The van der Waals surface area contributed by atoms with Gasteiger partial charge in [0.1, 0.15) is 0 Å². The Labute approximate surface area is 186 Å². The van der Waals surface area contributed by atoms with Gasteiger partial charge in [0.25, 0.3) is 0 Å². The third-order valence-corrected chi connectivity index (χ3v) is 7.62. The van der Waals surface area contributed by atoms with E-state index in [2.05, 4.69) is 9.80 Å². The van der Waals surface area contributed by atoms with Gasteiger partial charge in [0, 0.05) is 65.2 Å². The maximum atomic E-state index is 11.8. The lowest BCUT2D eigenvalue weighted by atomic mass is 9.73. The molecule has 4 heterocycles. The lowest BCUT2D eigenvalue weighted by Gasteiger charge is -2.49. The molecule has 0 aromatic rings. The minimum atomic E-state index is -0.489. The maximum absolute atomic E-state index is 11.8. The molecule has 2 atom stereocenters. The van der Waals surface area contributed by atoms with Gasteiger partial charge in [-0.15, -0.1) is 0 Å². The first-order chi connectivity index (χ1) is 14.9. The van der Waals surface area contributed by atoms with Crippen LogP contribution in [-0.2, 0) is 9.59 Å². The summed E-state index contributed by atoms with van der Waals surface area (Å²) in [6, 6.07) is 0. The second-order valence-electron chi connectivity index (χ2n) is 10.4. The molecular formula is C23H40N4O4. The lowest BCUT2D eigenvalue weighted by molar-refractivity contribution is -0.129. The van der Waals surface area contributed by atoms with Crippen LogP contribution in [0.1, 0.15) is 51.4 Å². The van der Waals surface area contributed by atoms with Crippen LogP contribution >= 0.6 is 0 Å². The van der Waals surface area contributed by atoms with Gasteiger partial charge >= 0.3 is 0 Å². The number of rotatable bonds is 8. The van der Waals surface area contributed by atoms with Gasteiger partial charge in [-0.25, -0.2) is 0 Å². The Kier molecular flexibility index (Phi) is 7.52. The number of nitrogens with zero attached hydrogens (tertiary/aromatic N) is 4. The van der Waals surface area contributed by atoms with Crippen molar-refractivity contribution in [2.75, 3.05) is 65.4 Å². The Morgan fingerprint density at radius 2 is 1.13 bits per heavy atom. The number of likely N-dealkylation sites (tertiary alicyclic amines) is 4. The molecule has 2 N–H and O–H groups in total. The van der Waals surface area contributed by atoms with E-state index in [0.29, 0.717) is 39.0 Å². The van der Waals surface area contributed by atoms with E-state index in [1.807, 2.05) is 0 Å². The molecule has 0 saturated carbocycles. The standard InChI is InChI=1S/C23H40N4O4/c28-19(15-26-11-1-5-21(26)30)13-24-9-3-7-23(17-24)8-4-10-25(18-23)14-20(29)16-27-12-2-6-22(27)31/h19-20,28-29H,1-18H2. The summed E-state index contributed by atoms with van der Waals surface area (Å²) < 4.78 is 0. The van der Waals surface area contributed by atoms with Crippen LogP contribution in [0.5, 0.6) is 0 Å². The first-order valence-corrected chi connectivity index (χ1v) is 12.3. The van der Waals surface area contributed by atoms with Gasteiger partial charge in [-0.2, -0.15) is 0 Å². The average Bonchev–Trinajstić information content (AvgIpc) is 3.30. The van der Waals surface area contributed by atoms with Crippen molar-refractivity contribution in [1.82, 2.24) is 19.6 Å². The van der Waals surface area contributed by atoms with Crippen LogP contribution in [0.3, 0.4) is 0 Å². The highest BCUT2D eigenvalue weighted by atomic mass is 16.3. The molecule has 0 radical (unpaired) electrons. The van der Waals surface area contributed by atoms with E-state index in [1.165, 1.54) is 12.8 Å². The van der Waals surface area contributed by atoms with E-state index in [4.69, 9.17) is 0 Å². The van der Waals surface area contributed by atoms with Crippen LogP contribution in [0.4, 0.5) is 0 Å². The summed E-state index contributed by atoms with van der Waals surface area (Å²) in [5, 5.41) is 21.2. The van der Waals surface area contributed by atoms with E-state index in [9.17, 15) is 19.8 Å². The van der Waals surface area contributed by atoms with Gasteiger partial charge in [0.05, 0.1) is 12.2 Å². The Morgan fingerprint density at radius 1 is 0.677 bits per heavy atom. The van der Waals surface area contributed by atoms with Crippen molar-refractivity contribution in [3.05, 3.63) is 0 Å². The fraction of sp³-hybridized carbons (Fsp3) is 0.913. The Bertz CT molecular complexity index is 591. The fourth-order valence-corrected chi connectivity index (χ4v) is 6.28. The molecule has 0 aromatic heterocycles. The molecule has 0 bridgehead atoms. The summed E-state index contributed by atoms with van der Waals surface area (Å²) in [6.07, 6.45) is 6.73. The van der Waals surface area contributed by atoms with E-state index >= 15 is 0 Å². The van der Waals surface area contributed by atoms with Crippen molar-refractivity contribution >= 4 is 11.8 Å². The third kappa shape index (κ3) is 5.97. The predicted molar refractivity (Wildman–Crippen MR) is 117 cm³/mol. The molecule has 8 nitrogen and oxygen atoms in total. The minimum Gasteiger partial charge on any atom is -0.390 e. The molecule has 2 unspecified atom stereocenters. The van der Waals surface area contributed by atoms with E-state index in [1.54, 1.807) is 9.80 Å². The first kappa shape index (κ1) is 23.0. The molecule has 4 aliphatic heterocycles. The van der Waals surface area contributed by atoms with Crippen molar-refractivity contribution in [1.29, 1.82) is 0 Å². The van der Waals surface area contributed by atoms with E-state index in [0.717, 1.165) is 65.0 Å². The van der Waals surface area contributed by atoms with E-state index in [-0.39, 0.29) is 17.2 Å². The maximum Gasteiger partial charge on any atom is 0.222 e. The number of hydrogen-bond acceptors (Lipinski definition) is 6. The summed E-state index contributed by atoms with van der Waals surface area (Å²) in [6.45, 7) is 7.70. The molecule has 8 heteroatoms. The van der Waals surface area contributed by atoms with Gasteiger partial charge in [-0.1, -0.05) is 0 Å². The van der Waals surface area contributed by atoms with Crippen LogP contribution in [0, 0.1) is 5.41 Å². The molecule has 4 saturated heterocycles. The number of carbonyl (C=O) groups is 2. The fourth-order valence-electron chi connectivity index (χ4n) is 6.28. The molecule has 2 amide bonds. The first-order valence-electron chi connectivity index (χ1n) is 12.3. The quantitative estimate of drug-likeness (QED) is 0.563. The number of aliphatic hydroxyl groups excluding tert-OH is 2. The summed E-state index contributed by atoms with van der Waals surface area (Å²) in [5.41, 5.74) is 0.225. The van der Waals surface area contributed by atoms with Crippen LogP contribution in [0.25, 0.3) is 0 Å². The zero-order valence-corrected chi connectivity index (χ0v) is 18.9. The Hall–Kier alpha value is -1.22. The third-order valence-electron chi connectivity index (χ3n) is 7.62. The lowest BCUT2D eigenvalue weighted by Crippen LogP contribution is -2.55. The van der Waals surface area contributed by atoms with Crippen molar-refractivity contribution in [2.45, 2.75) is 63.6 Å². The summed E-state index contributed by atoms with van der Waals surface area (Å²) in [7, 11) is 0. The van der Waals surface area contributed by atoms with Crippen LogP contribution in [0.2, 0.25) is 0 Å². The Balaban J connectivity index is 1.25. The van der Waals surface area contributed by atoms with Gasteiger partial charge in [0.15, 0.2) is 0 Å². The van der Waals surface area contributed by atoms with Crippen molar-refractivity contribution < 1.29 is 19.8 Å². The molecule has 31 heavy (non-hydrogen) atoms. The smallest absolute Gasteiger partial charge is 0.222 e. The minimum absolute atomic E-state index is 0.172. The topological polar surface area (TPSA) is 87.6 Å². The number of carbonyl (C=O) groups excluding carboxylic acids is 2. The van der Waals surface area contributed by atoms with Crippen molar-refractivity contribution in [2.24, 2.45) is 5.41 Å². The molecular weight excluding hydrogens is 396 g/mol. The molecule has 4 aliphatic rings. The monoisotopic (exact) mass is 436 g/mol. The van der Waals surface area contributed by atoms with Gasteiger partial charge in [-0.3, -0.25) is 9.59 Å². The van der Waals surface area contributed by atoms with Crippen LogP contribution < -0.4 is 0 Å². The van der Waals surface area contributed by atoms with Crippen molar-refractivity contribution in [3.8, 4) is 0 Å².